The van der Waals surface area contributed by atoms with Gasteiger partial charge in [-0.05, 0) is 19.9 Å². The van der Waals surface area contributed by atoms with Gasteiger partial charge in [0.2, 0.25) is 0 Å². The maximum absolute atomic E-state index is 10.7. The molecule has 7 heteroatoms. The second kappa shape index (κ2) is 5.92. The second-order valence-electron chi connectivity index (χ2n) is 4.54. The smallest absolute Gasteiger partial charge is 0.288 e. The molecule has 1 heterocycles. The number of ether oxygens (including phenoxy) is 1. The first-order chi connectivity index (χ1) is 9.49. The molecule has 0 unspecified atom stereocenters. The van der Waals surface area contributed by atoms with E-state index in [4.69, 9.17) is 16.3 Å². The molecule has 106 valence electrons. The van der Waals surface area contributed by atoms with Gasteiger partial charge in [-0.15, -0.1) is 0 Å². The minimum absolute atomic E-state index is 0.0601. The summed E-state index contributed by atoms with van der Waals surface area (Å²) in [6, 6.07) is 4.59. The van der Waals surface area contributed by atoms with Gasteiger partial charge in [-0.3, -0.25) is 10.1 Å². The van der Waals surface area contributed by atoms with Gasteiger partial charge < -0.3 is 9.30 Å². The van der Waals surface area contributed by atoms with Gasteiger partial charge in [0.1, 0.15) is 17.4 Å². The molecule has 6 nitrogen and oxygen atoms in total. The summed E-state index contributed by atoms with van der Waals surface area (Å²) in [6.45, 7) is 4.42. The highest BCUT2D eigenvalue weighted by atomic mass is 35.5. The zero-order valence-electron chi connectivity index (χ0n) is 11.1. The quantitative estimate of drug-likeness (QED) is 0.624. The first kappa shape index (κ1) is 14.3. The number of rotatable bonds is 5. The molecule has 1 aromatic heterocycles. The van der Waals surface area contributed by atoms with Crippen molar-refractivity contribution in [1.82, 2.24) is 9.55 Å². The molecule has 0 spiro atoms. The summed E-state index contributed by atoms with van der Waals surface area (Å²) >= 11 is 5.83. The van der Waals surface area contributed by atoms with Gasteiger partial charge in [0.15, 0.2) is 0 Å². The number of aromatic nitrogens is 2. The minimum Gasteiger partial charge on any atom is -0.487 e. The Kier molecular flexibility index (Phi) is 4.24. The summed E-state index contributed by atoms with van der Waals surface area (Å²) in [6.07, 6.45) is 3.47. The van der Waals surface area contributed by atoms with E-state index in [0.717, 1.165) is 5.69 Å². The number of hydrogen-bond acceptors (Lipinski definition) is 4. The Bertz CT molecular complexity index is 625. The van der Waals surface area contributed by atoms with Gasteiger partial charge in [0.05, 0.1) is 23.1 Å². The summed E-state index contributed by atoms with van der Waals surface area (Å²) < 4.78 is 7.58. The summed E-state index contributed by atoms with van der Waals surface area (Å²) in [5, 5.41) is 10.7. The number of imidazole rings is 1. The maximum Gasteiger partial charge on any atom is 0.288 e. The van der Waals surface area contributed by atoms with Crippen LogP contribution >= 0.6 is 11.6 Å². The predicted octanol–water partition coefficient (Wildman–Crippen LogP) is 3.60. The molecule has 0 saturated carbocycles. The molecule has 1 aromatic carbocycles. The van der Waals surface area contributed by atoms with Crippen LogP contribution in [0.1, 0.15) is 25.6 Å². The molecule has 0 atom stereocenters. The van der Waals surface area contributed by atoms with Crippen molar-refractivity contribution in [3.63, 3.8) is 0 Å². The fraction of sp³-hybridized carbons (Fsp3) is 0.308. The Hall–Kier alpha value is -2.08. The highest BCUT2D eigenvalue weighted by molar-refractivity contribution is 6.32. The van der Waals surface area contributed by atoms with Crippen molar-refractivity contribution in [2.24, 2.45) is 0 Å². The van der Waals surface area contributed by atoms with E-state index in [1.807, 2.05) is 18.4 Å². The monoisotopic (exact) mass is 295 g/mol. The van der Waals surface area contributed by atoms with E-state index < -0.39 is 4.92 Å². The molecule has 0 amide bonds. The second-order valence-corrected chi connectivity index (χ2v) is 4.95. The Morgan fingerprint density at radius 3 is 2.85 bits per heavy atom. The van der Waals surface area contributed by atoms with Crippen LogP contribution < -0.4 is 4.74 Å². The van der Waals surface area contributed by atoms with Crippen LogP contribution in [0, 0.1) is 10.1 Å². The Labute approximate surface area is 121 Å². The third-order valence-electron chi connectivity index (χ3n) is 2.81. The van der Waals surface area contributed by atoms with Gasteiger partial charge in [-0.2, -0.15) is 0 Å². The van der Waals surface area contributed by atoms with Crippen LogP contribution in [-0.4, -0.2) is 14.5 Å². The normalized spacial score (nSPS) is 10.8. The van der Waals surface area contributed by atoms with Crippen LogP contribution in [0.25, 0.3) is 0 Å². The van der Waals surface area contributed by atoms with E-state index in [2.05, 4.69) is 4.98 Å². The average molecular weight is 296 g/mol. The van der Waals surface area contributed by atoms with E-state index in [1.54, 1.807) is 12.5 Å². The van der Waals surface area contributed by atoms with Crippen LogP contribution in [0.15, 0.2) is 30.7 Å². The molecule has 0 aliphatic rings. The lowest BCUT2D eigenvalue weighted by molar-refractivity contribution is -0.384. The predicted molar refractivity (Wildman–Crippen MR) is 75.1 cm³/mol. The Morgan fingerprint density at radius 2 is 2.25 bits per heavy atom. The molecule has 0 aliphatic carbocycles. The average Bonchev–Trinajstić information content (AvgIpc) is 2.84. The van der Waals surface area contributed by atoms with E-state index in [1.165, 1.54) is 18.2 Å². The third kappa shape index (κ3) is 3.08. The van der Waals surface area contributed by atoms with Crippen molar-refractivity contribution < 1.29 is 9.66 Å². The molecule has 0 bridgehead atoms. The SMILES string of the molecule is CC(C)n1cncc1COc1ccc([N+](=O)[O-])c(Cl)c1. The number of nitro benzene ring substituents is 1. The number of hydrogen-bond donors (Lipinski definition) is 0. The van der Waals surface area contributed by atoms with Crippen LogP contribution in [0.4, 0.5) is 5.69 Å². The van der Waals surface area contributed by atoms with Gasteiger partial charge >= 0.3 is 0 Å². The largest absolute Gasteiger partial charge is 0.487 e. The number of nitro groups is 1. The van der Waals surface area contributed by atoms with Gasteiger partial charge in [-0.25, -0.2) is 4.98 Å². The first-order valence-electron chi connectivity index (χ1n) is 6.06. The van der Waals surface area contributed by atoms with Crippen molar-refractivity contribution in [2.45, 2.75) is 26.5 Å². The highest BCUT2D eigenvalue weighted by Crippen LogP contribution is 2.28. The zero-order chi connectivity index (χ0) is 14.7. The Morgan fingerprint density at radius 1 is 1.50 bits per heavy atom. The van der Waals surface area contributed by atoms with Crippen LogP contribution in [-0.2, 0) is 6.61 Å². The van der Waals surface area contributed by atoms with E-state index in [0.29, 0.717) is 12.4 Å². The van der Waals surface area contributed by atoms with Crippen LogP contribution in [0.5, 0.6) is 5.75 Å². The zero-order valence-corrected chi connectivity index (χ0v) is 11.9. The number of nitrogens with zero attached hydrogens (tertiary/aromatic N) is 3. The fourth-order valence-corrected chi connectivity index (χ4v) is 2.03. The first-order valence-corrected chi connectivity index (χ1v) is 6.44. The van der Waals surface area contributed by atoms with Gasteiger partial charge in [-0.1, -0.05) is 11.6 Å². The van der Waals surface area contributed by atoms with Crippen molar-refractivity contribution in [3.05, 3.63) is 51.6 Å². The molecular weight excluding hydrogens is 282 g/mol. The third-order valence-corrected chi connectivity index (χ3v) is 3.11. The molecule has 0 fully saturated rings. The lowest BCUT2D eigenvalue weighted by Crippen LogP contribution is -2.07. The van der Waals surface area contributed by atoms with Crippen molar-refractivity contribution >= 4 is 17.3 Å². The van der Waals surface area contributed by atoms with Crippen molar-refractivity contribution in [3.8, 4) is 5.75 Å². The van der Waals surface area contributed by atoms with Gasteiger partial charge in [0.25, 0.3) is 5.69 Å². The van der Waals surface area contributed by atoms with Crippen LogP contribution in [0.2, 0.25) is 5.02 Å². The number of benzene rings is 1. The molecule has 0 radical (unpaired) electrons. The van der Waals surface area contributed by atoms with Crippen molar-refractivity contribution in [2.75, 3.05) is 0 Å². The van der Waals surface area contributed by atoms with Gasteiger partial charge in [0, 0.05) is 18.2 Å². The standard InChI is InChI=1S/C13H14ClN3O3/c1-9(2)16-8-15-6-10(16)7-20-11-3-4-13(17(18)19)12(14)5-11/h3-6,8-9H,7H2,1-2H3. The van der Waals surface area contributed by atoms with Crippen molar-refractivity contribution in [1.29, 1.82) is 0 Å². The molecule has 0 aliphatic heterocycles. The molecule has 2 rings (SSSR count). The minimum atomic E-state index is -0.528. The summed E-state index contributed by atoms with van der Waals surface area (Å²) in [4.78, 5) is 14.2. The summed E-state index contributed by atoms with van der Waals surface area (Å²) in [5.41, 5.74) is 0.792. The van der Waals surface area contributed by atoms with Crippen LogP contribution in [0.3, 0.4) is 0 Å². The summed E-state index contributed by atoms with van der Waals surface area (Å²) in [7, 11) is 0. The molecule has 0 N–H and O–H groups in total. The molecular formula is C13H14ClN3O3. The lowest BCUT2D eigenvalue weighted by atomic mass is 10.3. The topological polar surface area (TPSA) is 70.2 Å². The lowest BCUT2D eigenvalue weighted by Gasteiger charge is -2.12. The molecule has 0 saturated heterocycles. The molecule has 2 aromatic rings. The highest BCUT2D eigenvalue weighted by Gasteiger charge is 2.13. The van der Waals surface area contributed by atoms with E-state index in [9.17, 15) is 10.1 Å². The fourth-order valence-electron chi connectivity index (χ4n) is 1.79. The summed E-state index contributed by atoms with van der Waals surface area (Å²) in [5.74, 6) is 0.483. The van der Waals surface area contributed by atoms with E-state index >= 15 is 0 Å². The van der Waals surface area contributed by atoms with E-state index in [-0.39, 0.29) is 16.8 Å². The number of halogens is 1. The Balaban J connectivity index is 2.09. The maximum atomic E-state index is 10.7. The molecule has 20 heavy (non-hydrogen) atoms.